The number of piperidine rings is 1. The molecule has 1 atom stereocenters. The van der Waals surface area contributed by atoms with Crippen LogP contribution in [0.25, 0.3) is 0 Å². The Morgan fingerprint density at radius 1 is 1.14 bits per heavy atom. The second-order valence-corrected chi connectivity index (χ2v) is 8.33. The molecule has 1 spiro atoms. The summed E-state index contributed by atoms with van der Waals surface area (Å²) in [6, 6.07) is 6.46. The van der Waals surface area contributed by atoms with Gasteiger partial charge in [-0.1, -0.05) is 12.1 Å². The number of likely N-dealkylation sites (tertiary alicyclic amines) is 2. The molecule has 0 saturated carbocycles. The first-order valence-corrected chi connectivity index (χ1v) is 10.5. The van der Waals surface area contributed by atoms with Crippen LogP contribution in [0, 0.1) is 5.41 Å². The first-order chi connectivity index (χ1) is 13.7. The predicted molar refractivity (Wildman–Crippen MR) is 107 cm³/mol. The van der Waals surface area contributed by atoms with Crippen LogP contribution in [-0.4, -0.2) is 68.8 Å². The van der Waals surface area contributed by atoms with Crippen molar-refractivity contribution >= 4 is 5.91 Å². The van der Waals surface area contributed by atoms with E-state index in [0.29, 0.717) is 24.2 Å². The molecule has 1 amide bonds. The van der Waals surface area contributed by atoms with Crippen LogP contribution in [0.5, 0.6) is 11.5 Å². The van der Waals surface area contributed by atoms with Crippen molar-refractivity contribution in [3.05, 3.63) is 23.8 Å². The summed E-state index contributed by atoms with van der Waals surface area (Å²) in [5, 5.41) is 0. The Labute approximate surface area is 167 Å². The average Bonchev–Trinajstić information content (AvgIpc) is 3.17. The smallest absolute Gasteiger partial charge is 0.230 e. The molecule has 1 aromatic rings. The lowest BCUT2D eigenvalue weighted by atomic mass is 9.78. The maximum absolute atomic E-state index is 13.5. The van der Waals surface area contributed by atoms with Gasteiger partial charge in [-0.3, -0.25) is 9.69 Å². The van der Waals surface area contributed by atoms with Crippen molar-refractivity contribution in [1.29, 1.82) is 0 Å². The van der Waals surface area contributed by atoms with Gasteiger partial charge in [-0.25, -0.2) is 0 Å². The fourth-order valence-electron chi connectivity index (χ4n) is 5.23. The van der Waals surface area contributed by atoms with Gasteiger partial charge in [0.05, 0.1) is 19.6 Å². The zero-order valence-corrected chi connectivity index (χ0v) is 17.1. The van der Waals surface area contributed by atoms with Crippen LogP contribution >= 0.6 is 0 Å². The summed E-state index contributed by atoms with van der Waals surface area (Å²) < 4.78 is 16.5. The van der Waals surface area contributed by atoms with Crippen LogP contribution in [-0.2, 0) is 16.1 Å². The third-order valence-electron chi connectivity index (χ3n) is 6.76. The summed E-state index contributed by atoms with van der Waals surface area (Å²) in [6.07, 6.45) is 5.25. The van der Waals surface area contributed by atoms with E-state index in [1.54, 1.807) is 14.2 Å². The Morgan fingerprint density at radius 3 is 2.71 bits per heavy atom. The fourth-order valence-corrected chi connectivity index (χ4v) is 5.23. The van der Waals surface area contributed by atoms with Gasteiger partial charge in [-0.2, -0.15) is 0 Å². The molecular weight excluding hydrogens is 356 g/mol. The first kappa shape index (κ1) is 19.5. The zero-order valence-electron chi connectivity index (χ0n) is 17.1. The highest BCUT2D eigenvalue weighted by Gasteiger charge is 2.49. The summed E-state index contributed by atoms with van der Waals surface area (Å²) in [7, 11) is 3.30. The highest BCUT2D eigenvalue weighted by molar-refractivity contribution is 5.84. The molecule has 154 valence electrons. The van der Waals surface area contributed by atoms with Gasteiger partial charge in [0, 0.05) is 44.5 Å². The molecule has 3 aliphatic heterocycles. The lowest BCUT2D eigenvalue weighted by Gasteiger charge is -2.40. The van der Waals surface area contributed by atoms with Crippen molar-refractivity contribution in [3.63, 3.8) is 0 Å². The van der Waals surface area contributed by atoms with Gasteiger partial charge in [0.1, 0.15) is 0 Å². The normalized spacial score (nSPS) is 26.8. The number of hydrogen-bond donors (Lipinski definition) is 0. The predicted octanol–water partition coefficient (Wildman–Crippen LogP) is 2.70. The van der Waals surface area contributed by atoms with Gasteiger partial charge in [0.25, 0.3) is 0 Å². The molecule has 0 aromatic heterocycles. The third kappa shape index (κ3) is 3.60. The number of benzene rings is 1. The zero-order chi connectivity index (χ0) is 19.6. The molecule has 3 heterocycles. The number of carbonyl (C=O) groups is 1. The van der Waals surface area contributed by atoms with Crippen LogP contribution in [0.3, 0.4) is 0 Å². The van der Waals surface area contributed by atoms with Gasteiger partial charge < -0.3 is 19.1 Å². The highest BCUT2D eigenvalue weighted by atomic mass is 16.5. The van der Waals surface area contributed by atoms with Crippen molar-refractivity contribution in [3.8, 4) is 11.5 Å². The maximum atomic E-state index is 13.5. The largest absolute Gasteiger partial charge is 0.493 e. The Balaban J connectivity index is 1.48. The molecule has 3 aliphatic rings. The molecule has 1 aromatic carbocycles. The first-order valence-electron chi connectivity index (χ1n) is 10.5. The minimum absolute atomic E-state index is 0.206. The fraction of sp³-hybridized carbons (Fsp3) is 0.682. The lowest BCUT2D eigenvalue weighted by molar-refractivity contribution is -0.146. The van der Waals surface area contributed by atoms with E-state index in [4.69, 9.17) is 14.2 Å². The van der Waals surface area contributed by atoms with E-state index in [-0.39, 0.29) is 5.41 Å². The molecule has 6 nitrogen and oxygen atoms in total. The van der Waals surface area contributed by atoms with Crippen molar-refractivity contribution < 1.29 is 19.0 Å². The highest BCUT2D eigenvalue weighted by Crippen LogP contribution is 2.42. The van der Waals surface area contributed by atoms with Gasteiger partial charge in [-0.05, 0) is 44.7 Å². The van der Waals surface area contributed by atoms with E-state index in [1.807, 2.05) is 23.1 Å². The van der Waals surface area contributed by atoms with Crippen molar-refractivity contribution in [1.82, 2.24) is 9.80 Å². The lowest BCUT2D eigenvalue weighted by Crippen LogP contribution is -2.50. The number of methoxy groups -OCH3 is 2. The Kier molecular flexibility index (Phi) is 5.78. The number of ether oxygens (including phenoxy) is 3. The third-order valence-corrected chi connectivity index (χ3v) is 6.76. The van der Waals surface area contributed by atoms with Gasteiger partial charge in [0.15, 0.2) is 11.5 Å². The van der Waals surface area contributed by atoms with E-state index in [2.05, 4.69) is 4.90 Å². The molecule has 0 aliphatic carbocycles. The van der Waals surface area contributed by atoms with Gasteiger partial charge in [-0.15, -0.1) is 0 Å². The quantitative estimate of drug-likeness (QED) is 0.776. The van der Waals surface area contributed by atoms with Gasteiger partial charge in [0.2, 0.25) is 5.91 Å². The maximum Gasteiger partial charge on any atom is 0.230 e. The molecule has 28 heavy (non-hydrogen) atoms. The summed E-state index contributed by atoms with van der Waals surface area (Å²) in [5.74, 6) is 1.76. The molecule has 6 heteroatoms. The number of nitrogens with zero attached hydrogens (tertiary/aromatic N) is 2. The molecule has 0 N–H and O–H groups in total. The van der Waals surface area contributed by atoms with Crippen LogP contribution in [0.15, 0.2) is 18.2 Å². The molecule has 3 fully saturated rings. The number of carbonyl (C=O) groups excluding carboxylic acids is 1. The van der Waals surface area contributed by atoms with E-state index in [1.165, 1.54) is 0 Å². The average molecular weight is 389 g/mol. The summed E-state index contributed by atoms with van der Waals surface area (Å²) in [4.78, 5) is 18.1. The monoisotopic (exact) mass is 388 g/mol. The standard InChI is InChI=1S/C22H32N2O4/c1-26-19-6-3-5-17(20(19)27-2)15-23-11-4-9-22(21(23)25)10-12-24(16-22)18-7-13-28-14-8-18/h3,5-6,18H,4,7-16H2,1-2H3. The van der Waals surface area contributed by atoms with Crippen LogP contribution < -0.4 is 9.47 Å². The number of rotatable bonds is 5. The Morgan fingerprint density at radius 2 is 1.96 bits per heavy atom. The molecular formula is C22H32N2O4. The van der Waals surface area contributed by atoms with E-state index < -0.39 is 0 Å². The summed E-state index contributed by atoms with van der Waals surface area (Å²) >= 11 is 0. The minimum Gasteiger partial charge on any atom is -0.493 e. The Bertz CT molecular complexity index is 704. The number of para-hydroxylation sites is 1. The second-order valence-electron chi connectivity index (χ2n) is 8.33. The SMILES string of the molecule is COc1cccc(CN2CCCC3(CCN(C4CCOCC4)C3)C2=O)c1OC. The molecule has 0 bridgehead atoms. The van der Waals surface area contributed by atoms with Crippen molar-refractivity contribution in [2.75, 3.05) is 47.1 Å². The van der Waals surface area contributed by atoms with E-state index in [0.717, 1.165) is 76.3 Å². The summed E-state index contributed by atoms with van der Waals surface area (Å²) in [6.45, 7) is 5.04. The van der Waals surface area contributed by atoms with Crippen LogP contribution in [0.4, 0.5) is 0 Å². The van der Waals surface area contributed by atoms with Crippen LogP contribution in [0.1, 0.15) is 37.7 Å². The molecule has 3 saturated heterocycles. The second kappa shape index (κ2) is 8.29. The summed E-state index contributed by atoms with van der Waals surface area (Å²) in [5.41, 5.74) is 0.800. The number of amides is 1. The molecule has 4 rings (SSSR count). The van der Waals surface area contributed by atoms with Crippen molar-refractivity contribution in [2.24, 2.45) is 5.41 Å². The minimum atomic E-state index is -0.206. The molecule has 0 radical (unpaired) electrons. The van der Waals surface area contributed by atoms with E-state index in [9.17, 15) is 4.79 Å². The Hall–Kier alpha value is -1.79. The molecule has 1 unspecified atom stereocenters. The topological polar surface area (TPSA) is 51.2 Å². The van der Waals surface area contributed by atoms with Crippen molar-refractivity contribution in [2.45, 2.75) is 44.7 Å². The van der Waals surface area contributed by atoms with E-state index >= 15 is 0 Å². The number of hydrogen-bond acceptors (Lipinski definition) is 5. The van der Waals surface area contributed by atoms with Crippen LogP contribution in [0.2, 0.25) is 0 Å². The van der Waals surface area contributed by atoms with Gasteiger partial charge >= 0.3 is 0 Å².